The SMILES string of the molecule is O=C(CN1C(=O)[C@H]2CC=CC[C@@H]2C1=O)NCc1cccc(C(F)(F)F)c1. The molecule has 26 heavy (non-hydrogen) atoms. The Bertz CT molecular complexity index is 747. The molecule has 0 unspecified atom stereocenters. The molecule has 1 aliphatic heterocycles. The molecule has 1 fully saturated rings. The van der Waals surface area contributed by atoms with E-state index in [0.29, 0.717) is 12.8 Å². The summed E-state index contributed by atoms with van der Waals surface area (Å²) in [5, 5.41) is 2.46. The molecule has 1 saturated heterocycles. The summed E-state index contributed by atoms with van der Waals surface area (Å²) in [4.78, 5) is 37.6. The summed E-state index contributed by atoms with van der Waals surface area (Å²) in [6.45, 7) is -0.531. The van der Waals surface area contributed by atoms with E-state index in [2.05, 4.69) is 5.32 Å². The number of likely N-dealkylation sites (tertiary alicyclic amines) is 1. The number of nitrogens with zero attached hydrogens (tertiary/aromatic N) is 1. The van der Waals surface area contributed by atoms with Crippen LogP contribution in [0.3, 0.4) is 0 Å². The summed E-state index contributed by atoms with van der Waals surface area (Å²) in [5.41, 5.74) is -0.518. The maximum absolute atomic E-state index is 12.7. The number of halogens is 3. The third-order valence-corrected chi connectivity index (χ3v) is 4.64. The van der Waals surface area contributed by atoms with Crippen LogP contribution in [0.25, 0.3) is 0 Å². The number of allylic oxidation sites excluding steroid dienone is 2. The zero-order chi connectivity index (χ0) is 18.9. The lowest BCUT2D eigenvalue weighted by molar-refractivity contribution is -0.143. The summed E-state index contributed by atoms with van der Waals surface area (Å²) in [6.07, 6.45) is 0.209. The summed E-state index contributed by atoms with van der Waals surface area (Å²) in [7, 11) is 0. The third kappa shape index (κ3) is 3.63. The van der Waals surface area contributed by atoms with E-state index in [1.807, 2.05) is 12.2 Å². The van der Waals surface area contributed by atoms with Crippen LogP contribution in [0.2, 0.25) is 0 Å². The van der Waals surface area contributed by atoms with Gasteiger partial charge in [-0.1, -0.05) is 24.3 Å². The minimum Gasteiger partial charge on any atom is -0.350 e. The number of imide groups is 1. The van der Waals surface area contributed by atoms with Gasteiger partial charge < -0.3 is 5.32 Å². The number of hydrogen-bond acceptors (Lipinski definition) is 3. The molecule has 3 amide bonds. The standard InChI is InChI=1S/C18H17F3N2O3/c19-18(20,21)12-5-3-4-11(8-12)9-22-15(24)10-23-16(25)13-6-1-2-7-14(13)17(23)26/h1-5,8,13-14H,6-7,9-10H2,(H,22,24)/t13-,14-/m0/s1. The molecule has 1 N–H and O–H groups in total. The third-order valence-electron chi connectivity index (χ3n) is 4.64. The average Bonchev–Trinajstić information content (AvgIpc) is 2.85. The first-order chi connectivity index (χ1) is 12.3. The Hall–Kier alpha value is -2.64. The van der Waals surface area contributed by atoms with Gasteiger partial charge in [0.15, 0.2) is 0 Å². The average molecular weight is 366 g/mol. The first kappa shape index (κ1) is 18.2. The van der Waals surface area contributed by atoms with E-state index < -0.39 is 36.0 Å². The van der Waals surface area contributed by atoms with Gasteiger partial charge in [-0.2, -0.15) is 13.2 Å². The van der Waals surface area contributed by atoms with E-state index in [9.17, 15) is 27.6 Å². The predicted molar refractivity (Wildman–Crippen MR) is 85.4 cm³/mol. The minimum absolute atomic E-state index is 0.118. The van der Waals surface area contributed by atoms with Gasteiger partial charge in [-0.15, -0.1) is 0 Å². The van der Waals surface area contributed by atoms with Crippen LogP contribution < -0.4 is 5.32 Å². The number of nitrogens with one attached hydrogen (secondary N) is 1. The lowest BCUT2D eigenvalue weighted by atomic mass is 9.85. The summed E-state index contributed by atoms with van der Waals surface area (Å²) in [6, 6.07) is 4.62. The maximum Gasteiger partial charge on any atom is 0.416 e. The molecular formula is C18H17F3N2O3. The van der Waals surface area contributed by atoms with Crippen molar-refractivity contribution in [3.63, 3.8) is 0 Å². The lowest BCUT2D eigenvalue weighted by Gasteiger charge is -2.15. The van der Waals surface area contributed by atoms with Crippen LogP contribution >= 0.6 is 0 Å². The van der Waals surface area contributed by atoms with Crippen molar-refractivity contribution in [3.8, 4) is 0 Å². The van der Waals surface area contributed by atoms with Gasteiger partial charge in [-0.25, -0.2) is 0 Å². The highest BCUT2D eigenvalue weighted by Crippen LogP contribution is 2.34. The maximum atomic E-state index is 12.7. The molecule has 1 heterocycles. The highest BCUT2D eigenvalue weighted by atomic mass is 19.4. The lowest BCUT2D eigenvalue weighted by Crippen LogP contribution is -2.40. The molecule has 8 heteroatoms. The number of rotatable bonds is 4. The van der Waals surface area contributed by atoms with Crippen LogP contribution in [0, 0.1) is 11.8 Å². The zero-order valence-electron chi connectivity index (χ0n) is 13.8. The van der Waals surface area contributed by atoms with Crippen molar-refractivity contribution in [2.24, 2.45) is 11.8 Å². The monoisotopic (exact) mass is 366 g/mol. The fraction of sp³-hybridized carbons (Fsp3) is 0.389. The molecule has 0 radical (unpaired) electrons. The number of carbonyl (C=O) groups excluding carboxylic acids is 3. The van der Waals surface area contributed by atoms with E-state index in [-0.39, 0.29) is 23.9 Å². The quantitative estimate of drug-likeness (QED) is 0.657. The Morgan fingerprint density at radius 3 is 2.31 bits per heavy atom. The largest absolute Gasteiger partial charge is 0.416 e. The molecule has 5 nitrogen and oxygen atoms in total. The topological polar surface area (TPSA) is 66.5 Å². The van der Waals surface area contributed by atoms with Crippen LogP contribution in [-0.2, 0) is 27.1 Å². The molecular weight excluding hydrogens is 349 g/mol. The molecule has 0 aromatic heterocycles. The van der Waals surface area contributed by atoms with Crippen molar-refractivity contribution in [3.05, 3.63) is 47.5 Å². The van der Waals surface area contributed by atoms with Gasteiger partial charge in [0.05, 0.1) is 17.4 Å². The van der Waals surface area contributed by atoms with Crippen LogP contribution in [0.4, 0.5) is 13.2 Å². The van der Waals surface area contributed by atoms with E-state index in [0.717, 1.165) is 17.0 Å². The van der Waals surface area contributed by atoms with Crippen LogP contribution in [-0.4, -0.2) is 29.2 Å². The van der Waals surface area contributed by atoms with Crippen LogP contribution in [0.1, 0.15) is 24.0 Å². The second kappa shape index (κ2) is 6.93. The summed E-state index contributed by atoms with van der Waals surface area (Å²) >= 11 is 0. The van der Waals surface area contributed by atoms with Crippen molar-refractivity contribution in [1.29, 1.82) is 0 Å². The zero-order valence-corrected chi connectivity index (χ0v) is 13.8. The Morgan fingerprint density at radius 2 is 1.73 bits per heavy atom. The van der Waals surface area contributed by atoms with E-state index in [1.165, 1.54) is 12.1 Å². The van der Waals surface area contributed by atoms with Crippen LogP contribution in [0.5, 0.6) is 0 Å². The molecule has 1 aliphatic carbocycles. The Balaban J connectivity index is 1.58. The number of fused-ring (bicyclic) bond motifs is 1. The molecule has 1 aromatic carbocycles. The number of alkyl halides is 3. The predicted octanol–water partition coefficient (Wildman–Crippen LogP) is 2.27. The fourth-order valence-electron chi connectivity index (χ4n) is 3.28. The smallest absolute Gasteiger partial charge is 0.350 e. The van der Waals surface area contributed by atoms with Crippen molar-refractivity contribution in [2.75, 3.05) is 6.54 Å². The molecule has 2 aliphatic rings. The number of carbonyl (C=O) groups is 3. The fourth-order valence-corrected chi connectivity index (χ4v) is 3.28. The summed E-state index contributed by atoms with van der Waals surface area (Å²) < 4.78 is 38.1. The van der Waals surface area contributed by atoms with Gasteiger partial charge in [-0.05, 0) is 30.5 Å². The van der Waals surface area contributed by atoms with Crippen molar-refractivity contribution >= 4 is 17.7 Å². The molecule has 0 bridgehead atoms. The second-order valence-electron chi connectivity index (χ2n) is 6.39. The molecule has 138 valence electrons. The van der Waals surface area contributed by atoms with E-state index in [4.69, 9.17) is 0 Å². The van der Waals surface area contributed by atoms with E-state index >= 15 is 0 Å². The van der Waals surface area contributed by atoms with Gasteiger partial charge in [0.25, 0.3) is 0 Å². The van der Waals surface area contributed by atoms with Gasteiger partial charge in [0.2, 0.25) is 17.7 Å². The Labute approximate surface area is 147 Å². The van der Waals surface area contributed by atoms with Crippen molar-refractivity contribution < 1.29 is 27.6 Å². The van der Waals surface area contributed by atoms with Gasteiger partial charge >= 0.3 is 6.18 Å². The second-order valence-corrected chi connectivity index (χ2v) is 6.39. The Morgan fingerprint density at radius 1 is 1.12 bits per heavy atom. The first-order valence-corrected chi connectivity index (χ1v) is 8.20. The number of amides is 3. The van der Waals surface area contributed by atoms with Crippen molar-refractivity contribution in [2.45, 2.75) is 25.6 Å². The normalized spacial score (nSPS) is 22.5. The highest BCUT2D eigenvalue weighted by Gasteiger charge is 2.47. The molecule has 0 spiro atoms. The number of hydrogen-bond donors (Lipinski definition) is 1. The molecule has 3 rings (SSSR count). The molecule has 1 aromatic rings. The van der Waals surface area contributed by atoms with Gasteiger partial charge in [0, 0.05) is 6.54 Å². The summed E-state index contributed by atoms with van der Waals surface area (Å²) in [5.74, 6) is -2.14. The van der Waals surface area contributed by atoms with E-state index in [1.54, 1.807) is 0 Å². The number of benzene rings is 1. The Kier molecular flexibility index (Phi) is 4.84. The minimum atomic E-state index is -4.46. The van der Waals surface area contributed by atoms with Gasteiger partial charge in [0.1, 0.15) is 6.54 Å². The highest BCUT2D eigenvalue weighted by molar-refractivity contribution is 6.07. The molecule has 2 atom stereocenters. The first-order valence-electron chi connectivity index (χ1n) is 8.20. The van der Waals surface area contributed by atoms with Crippen molar-refractivity contribution in [1.82, 2.24) is 10.2 Å². The van der Waals surface area contributed by atoms with Crippen LogP contribution in [0.15, 0.2) is 36.4 Å². The van der Waals surface area contributed by atoms with Gasteiger partial charge in [-0.3, -0.25) is 19.3 Å². The molecule has 0 saturated carbocycles.